The summed E-state index contributed by atoms with van der Waals surface area (Å²) in [5, 5.41) is 0. The molecule has 0 bridgehead atoms. The van der Waals surface area contributed by atoms with Crippen LogP contribution in [0.4, 0.5) is 0 Å². The van der Waals surface area contributed by atoms with Gasteiger partial charge in [0.05, 0.1) is 14.2 Å². The number of benzene rings is 1. The Balaban J connectivity index is 3.13. The van der Waals surface area contributed by atoms with Crippen LogP contribution in [0.1, 0.15) is 12.5 Å². The Morgan fingerprint density at radius 1 is 1.33 bits per heavy atom. The topological polar surface area (TPSA) is 18.5 Å². The van der Waals surface area contributed by atoms with E-state index < -0.39 is 0 Å². The van der Waals surface area contributed by atoms with Gasteiger partial charge in [-0.3, -0.25) is 0 Å². The lowest BCUT2D eigenvalue weighted by Crippen LogP contribution is -1.94. The van der Waals surface area contributed by atoms with Crippen LogP contribution in [0.25, 0.3) is 0 Å². The molecule has 0 heterocycles. The van der Waals surface area contributed by atoms with Crippen molar-refractivity contribution >= 4 is 0 Å². The van der Waals surface area contributed by atoms with Crippen LogP contribution in [-0.2, 0) is 6.42 Å². The average molecular weight is 165 g/mol. The third kappa shape index (κ3) is 1.52. The fraction of sp³-hybridized carbons (Fsp3) is 0.400. The largest absolute Gasteiger partial charge is 0.493 e. The van der Waals surface area contributed by atoms with Gasteiger partial charge in [0.2, 0.25) is 0 Å². The molecule has 65 valence electrons. The van der Waals surface area contributed by atoms with E-state index in [1.165, 1.54) is 0 Å². The first kappa shape index (κ1) is 8.91. The van der Waals surface area contributed by atoms with Gasteiger partial charge in [-0.05, 0) is 18.6 Å². The molecule has 2 nitrogen and oxygen atoms in total. The molecular formula is C10H13O2. The number of hydrogen-bond acceptors (Lipinski definition) is 2. The van der Waals surface area contributed by atoms with Gasteiger partial charge in [0.25, 0.3) is 0 Å². The van der Waals surface area contributed by atoms with Gasteiger partial charge in [0.1, 0.15) is 0 Å². The SMILES string of the molecule is CCc1[c]ccc(OC)c1OC. The van der Waals surface area contributed by atoms with Gasteiger partial charge in [0, 0.05) is 5.56 Å². The molecule has 1 aromatic rings. The molecule has 0 unspecified atom stereocenters. The Morgan fingerprint density at radius 3 is 2.58 bits per heavy atom. The van der Waals surface area contributed by atoms with E-state index in [4.69, 9.17) is 9.47 Å². The zero-order chi connectivity index (χ0) is 8.97. The molecule has 0 saturated heterocycles. The minimum absolute atomic E-state index is 0.771. The van der Waals surface area contributed by atoms with Crippen LogP contribution in [0.2, 0.25) is 0 Å². The van der Waals surface area contributed by atoms with E-state index in [2.05, 4.69) is 13.0 Å². The number of ether oxygens (including phenoxy) is 2. The summed E-state index contributed by atoms with van der Waals surface area (Å²) < 4.78 is 10.3. The van der Waals surface area contributed by atoms with Crippen molar-refractivity contribution in [2.75, 3.05) is 14.2 Å². The van der Waals surface area contributed by atoms with Gasteiger partial charge < -0.3 is 9.47 Å². The molecule has 0 N–H and O–H groups in total. The van der Waals surface area contributed by atoms with Crippen molar-refractivity contribution < 1.29 is 9.47 Å². The van der Waals surface area contributed by atoms with Crippen molar-refractivity contribution in [3.8, 4) is 11.5 Å². The molecular weight excluding hydrogens is 152 g/mol. The van der Waals surface area contributed by atoms with Crippen LogP contribution in [0, 0.1) is 6.07 Å². The van der Waals surface area contributed by atoms with Crippen molar-refractivity contribution in [3.63, 3.8) is 0 Å². The number of aryl methyl sites for hydroxylation is 1. The molecule has 0 aliphatic carbocycles. The molecule has 0 saturated carbocycles. The predicted molar refractivity (Wildman–Crippen MR) is 47.8 cm³/mol. The first-order valence-corrected chi connectivity index (χ1v) is 3.95. The summed E-state index contributed by atoms with van der Waals surface area (Å²) in [6, 6.07) is 6.80. The molecule has 0 atom stereocenters. The summed E-state index contributed by atoms with van der Waals surface area (Å²) in [7, 11) is 3.28. The summed E-state index contributed by atoms with van der Waals surface area (Å²) in [5.41, 5.74) is 1.05. The molecule has 0 amide bonds. The number of rotatable bonds is 3. The van der Waals surface area contributed by atoms with E-state index in [1.807, 2.05) is 12.1 Å². The monoisotopic (exact) mass is 165 g/mol. The normalized spacial score (nSPS) is 9.58. The number of hydrogen-bond donors (Lipinski definition) is 0. The fourth-order valence-electron chi connectivity index (χ4n) is 1.16. The molecule has 0 aliphatic rings. The predicted octanol–water partition coefficient (Wildman–Crippen LogP) is 2.07. The minimum atomic E-state index is 0.771. The molecule has 0 spiro atoms. The zero-order valence-electron chi connectivity index (χ0n) is 7.68. The summed E-state index contributed by atoms with van der Waals surface area (Å²) >= 11 is 0. The summed E-state index contributed by atoms with van der Waals surface area (Å²) in [6.45, 7) is 2.06. The van der Waals surface area contributed by atoms with E-state index in [9.17, 15) is 0 Å². The van der Waals surface area contributed by atoms with Gasteiger partial charge in [-0.1, -0.05) is 13.0 Å². The van der Waals surface area contributed by atoms with E-state index >= 15 is 0 Å². The van der Waals surface area contributed by atoms with E-state index in [0.717, 1.165) is 23.5 Å². The highest BCUT2D eigenvalue weighted by Crippen LogP contribution is 2.30. The molecule has 0 fully saturated rings. The highest BCUT2D eigenvalue weighted by Gasteiger charge is 2.06. The Kier molecular flexibility index (Phi) is 2.97. The van der Waals surface area contributed by atoms with Gasteiger partial charge in [0.15, 0.2) is 11.5 Å². The lowest BCUT2D eigenvalue weighted by atomic mass is 10.1. The van der Waals surface area contributed by atoms with E-state index in [1.54, 1.807) is 14.2 Å². The van der Waals surface area contributed by atoms with Crippen molar-refractivity contribution in [3.05, 3.63) is 23.8 Å². The van der Waals surface area contributed by atoms with Crippen LogP contribution in [0.5, 0.6) is 11.5 Å². The molecule has 2 heteroatoms. The van der Waals surface area contributed by atoms with Crippen LogP contribution in [0.3, 0.4) is 0 Å². The quantitative estimate of drug-likeness (QED) is 0.682. The van der Waals surface area contributed by atoms with Crippen molar-refractivity contribution in [1.29, 1.82) is 0 Å². The Hall–Kier alpha value is -1.18. The second kappa shape index (κ2) is 4.00. The smallest absolute Gasteiger partial charge is 0.164 e. The van der Waals surface area contributed by atoms with Crippen molar-refractivity contribution in [1.82, 2.24) is 0 Å². The summed E-state index contributed by atoms with van der Waals surface area (Å²) in [4.78, 5) is 0. The van der Waals surface area contributed by atoms with E-state index in [-0.39, 0.29) is 0 Å². The molecule has 1 rings (SSSR count). The van der Waals surface area contributed by atoms with Gasteiger partial charge >= 0.3 is 0 Å². The van der Waals surface area contributed by atoms with Crippen LogP contribution < -0.4 is 9.47 Å². The maximum atomic E-state index is 5.20. The highest BCUT2D eigenvalue weighted by atomic mass is 16.5. The van der Waals surface area contributed by atoms with Crippen LogP contribution in [-0.4, -0.2) is 14.2 Å². The molecule has 1 radical (unpaired) electrons. The minimum Gasteiger partial charge on any atom is -0.493 e. The zero-order valence-corrected chi connectivity index (χ0v) is 7.68. The molecule has 12 heavy (non-hydrogen) atoms. The maximum absolute atomic E-state index is 5.20. The molecule has 0 aromatic heterocycles. The first-order chi connectivity index (χ1) is 5.83. The standard InChI is InChI=1S/C10H13O2/c1-4-8-6-5-7-9(11-2)10(8)12-3/h5,7H,4H2,1-3H3. The summed E-state index contributed by atoms with van der Waals surface area (Å²) in [5.74, 6) is 1.57. The van der Waals surface area contributed by atoms with Crippen LogP contribution >= 0.6 is 0 Å². The second-order valence-electron chi connectivity index (χ2n) is 2.41. The number of methoxy groups -OCH3 is 2. The molecule has 0 aliphatic heterocycles. The van der Waals surface area contributed by atoms with Gasteiger partial charge in [-0.25, -0.2) is 0 Å². The summed E-state index contributed by atoms with van der Waals surface area (Å²) in [6.07, 6.45) is 0.903. The third-order valence-corrected chi connectivity index (χ3v) is 1.77. The lowest BCUT2D eigenvalue weighted by molar-refractivity contribution is 0.352. The van der Waals surface area contributed by atoms with Crippen LogP contribution in [0.15, 0.2) is 12.1 Å². The van der Waals surface area contributed by atoms with Crippen molar-refractivity contribution in [2.24, 2.45) is 0 Å². The first-order valence-electron chi connectivity index (χ1n) is 3.95. The van der Waals surface area contributed by atoms with Crippen molar-refractivity contribution in [2.45, 2.75) is 13.3 Å². The molecule has 1 aromatic carbocycles. The Bertz CT molecular complexity index is 234. The average Bonchev–Trinajstić information content (AvgIpc) is 2.16. The highest BCUT2D eigenvalue weighted by molar-refractivity contribution is 5.45. The maximum Gasteiger partial charge on any atom is 0.164 e. The van der Waals surface area contributed by atoms with E-state index in [0.29, 0.717) is 0 Å². The second-order valence-corrected chi connectivity index (χ2v) is 2.41. The Morgan fingerprint density at radius 2 is 2.08 bits per heavy atom. The lowest BCUT2D eigenvalue weighted by Gasteiger charge is -2.10. The Labute approximate surface area is 73.1 Å². The fourth-order valence-corrected chi connectivity index (χ4v) is 1.16. The van der Waals surface area contributed by atoms with Gasteiger partial charge in [-0.2, -0.15) is 0 Å². The van der Waals surface area contributed by atoms with Gasteiger partial charge in [-0.15, -0.1) is 0 Å². The third-order valence-electron chi connectivity index (χ3n) is 1.77.